The lowest BCUT2D eigenvalue weighted by Gasteiger charge is -2.19. The van der Waals surface area contributed by atoms with E-state index < -0.39 is 18.0 Å². The van der Waals surface area contributed by atoms with Crippen LogP contribution in [0.2, 0.25) is 0 Å². The Balaban J connectivity index is 1.36. The molecule has 1 saturated heterocycles. The first kappa shape index (κ1) is 18.6. The summed E-state index contributed by atoms with van der Waals surface area (Å²) < 4.78 is 6.18. The number of nitrogens with zero attached hydrogens (tertiary/aromatic N) is 6. The van der Waals surface area contributed by atoms with Gasteiger partial charge < -0.3 is 4.52 Å². The molecular weight excluding hydrogens is 452 g/mol. The molecule has 3 aromatic rings. The molecule has 2 atom stereocenters. The maximum Gasteiger partial charge on any atom is 0.263 e. The number of hydrogen-bond acceptors (Lipinski definition) is 8. The van der Waals surface area contributed by atoms with Gasteiger partial charge in [0.05, 0.1) is 5.69 Å². The molecule has 0 bridgehead atoms. The first-order chi connectivity index (χ1) is 14.5. The lowest BCUT2D eigenvalue weighted by molar-refractivity contribution is -0.123. The molecular formula is C20H15BrN6O3. The third-order valence-corrected chi connectivity index (χ3v) is 5.55. The summed E-state index contributed by atoms with van der Waals surface area (Å²) in [5.41, 5.74) is 2.45. The van der Waals surface area contributed by atoms with Crippen LogP contribution in [-0.2, 0) is 16.1 Å². The van der Waals surface area contributed by atoms with Crippen molar-refractivity contribution in [2.75, 3.05) is 4.90 Å². The number of halogens is 1. The Labute approximate surface area is 179 Å². The lowest BCUT2D eigenvalue weighted by Crippen LogP contribution is -2.39. The molecule has 2 aliphatic rings. The highest BCUT2D eigenvalue weighted by molar-refractivity contribution is 9.10. The second-order valence-electron chi connectivity index (χ2n) is 7.06. The number of hydrogen-bond donors (Lipinski definition) is 0. The Bertz CT molecular complexity index is 1160. The van der Waals surface area contributed by atoms with Gasteiger partial charge >= 0.3 is 0 Å². The average Bonchev–Trinajstić information content (AvgIpc) is 3.43. The molecule has 3 heterocycles. The van der Waals surface area contributed by atoms with Crippen molar-refractivity contribution in [1.82, 2.24) is 15.1 Å². The fourth-order valence-electron chi connectivity index (χ4n) is 3.48. The van der Waals surface area contributed by atoms with Crippen molar-refractivity contribution in [3.63, 3.8) is 0 Å². The van der Waals surface area contributed by atoms with Gasteiger partial charge in [-0.2, -0.15) is 10.1 Å². The zero-order valence-corrected chi connectivity index (χ0v) is 17.4. The summed E-state index contributed by atoms with van der Waals surface area (Å²) in [6, 6.07) is 13.0. The molecule has 0 spiro atoms. The van der Waals surface area contributed by atoms with Crippen molar-refractivity contribution in [2.24, 2.45) is 10.3 Å². The number of amides is 2. The number of carbonyl (C=O) groups excluding carboxylic acids is 2. The maximum atomic E-state index is 13.0. The first-order valence-electron chi connectivity index (χ1n) is 9.22. The normalized spacial score (nSPS) is 20.3. The summed E-state index contributed by atoms with van der Waals surface area (Å²) >= 11 is 3.35. The van der Waals surface area contributed by atoms with Crippen LogP contribution in [0.4, 0.5) is 5.69 Å². The standard InChI is InChI=1S/C20H15BrN6O3/c1-11-2-4-12(5-3-11)18-22-15(30-24-18)10-26-17-16(23-25-26)19(28)27(20(17)29)14-8-6-13(21)7-9-14/h2-9,16-17H,10H2,1H3/t16-,17+/m0/s1. The van der Waals surface area contributed by atoms with Crippen LogP contribution in [0.5, 0.6) is 0 Å². The predicted octanol–water partition coefficient (Wildman–Crippen LogP) is 3.30. The minimum Gasteiger partial charge on any atom is -0.337 e. The minimum absolute atomic E-state index is 0.0801. The van der Waals surface area contributed by atoms with E-state index in [-0.39, 0.29) is 18.3 Å². The molecule has 0 radical (unpaired) electrons. The van der Waals surface area contributed by atoms with Crippen LogP contribution in [0, 0.1) is 6.92 Å². The van der Waals surface area contributed by atoms with Gasteiger partial charge in [0.2, 0.25) is 11.7 Å². The topological polar surface area (TPSA) is 104 Å². The van der Waals surface area contributed by atoms with Gasteiger partial charge in [-0.25, -0.2) is 4.90 Å². The number of aromatic nitrogens is 2. The van der Waals surface area contributed by atoms with E-state index in [2.05, 4.69) is 36.4 Å². The summed E-state index contributed by atoms with van der Waals surface area (Å²) in [7, 11) is 0. The van der Waals surface area contributed by atoms with E-state index in [1.54, 1.807) is 24.3 Å². The molecule has 150 valence electrons. The van der Waals surface area contributed by atoms with E-state index in [4.69, 9.17) is 4.52 Å². The van der Waals surface area contributed by atoms with E-state index in [1.807, 2.05) is 31.2 Å². The van der Waals surface area contributed by atoms with E-state index in [0.717, 1.165) is 20.5 Å². The third-order valence-electron chi connectivity index (χ3n) is 5.02. The molecule has 1 fully saturated rings. The molecule has 9 nitrogen and oxygen atoms in total. The molecule has 2 amide bonds. The van der Waals surface area contributed by atoms with Gasteiger partial charge in [0.25, 0.3) is 11.8 Å². The quantitative estimate of drug-likeness (QED) is 0.546. The number of imide groups is 1. The number of anilines is 1. The van der Waals surface area contributed by atoms with Crippen molar-refractivity contribution in [1.29, 1.82) is 0 Å². The summed E-state index contributed by atoms with van der Waals surface area (Å²) in [6.45, 7) is 2.08. The molecule has 5 rings (SSSR count). The number of aryl methyl sites for hydroxylation is 1. The smallest absolute Gasteiger partial charge is 0.263 e. The lowest BCUT2D eigenvalue weighted by atomic mass is 10.1. The van der Waals surface area contributed by atoms with Gasteiger partial charge in [-0.1, -0.05) is 56.1 Å². The molecule has 0 saturated carbocycles. The molecule has 0 aliphatic carbocycles. The average molecular weight is 467 g/mol. The number of fused-ring (bicyclic) bond motifs is 1. The third kappa shape index (κ3) is 3.09. The number of benzene rings is 2. The van der Waals surface area contributed by atoms with Gasteiger partial charge in [-0.3, -0.25) is 14.6 Å². The van der Waals surface area contributed by atoms with Crippen LogP contribution < -0.4 is 4.90 Å². The molecule has 0 N–H and O–H groups in total. The summed E-state index contributed by atoms with van der Waals surface area (Å²) in [5, 5.41) is 13.4. The minimum atomic E-state index is -0.874. The Morgan fingerprint density at radius 1 is 1.03 bits per heavy atom. The van der Waals surface area contributed by atoms with E-state index in [9.17, 15) is 9.59 Å². The highest BCUT2D eigenvalue weighted by Crippen LogP contribution is 2.33. The fourth-order valence-corrected chi connectivity index (χ4v) is 3.74. The Morgan fingerprint density at radius 2 is 1.77 bits per heavy atom. The predicted molar refractivity (Wildman–Crippen MR) is 109 cm³/mol. The SMILES string of the molecule is Cc1ccc(-c2noc(CN3N=N[C@@H]4C(=O)N(c5ccc(Br)cc5)C(=O)[C@@H]43)n2)cc1. The molecule has 2 aromatic carbocycles. The summed E-state index contributed by atoms with van der Waals surface area (Å²) in [4.78, 5) is 31.3. The van der Waals surface area contributed by atoms with Crippen molar-refractivity contribution < 1.29 is 14.1 Å². The first-order valence-corrected chi connectivity index (χ1v) is 10.0. The van der Waals surface area contributed by atoms with Crippen LogP contribution in [-0.4, -0.2) is 39.0 Å². The number of carbonyl (C=O) groups is 2. The molecule has 0 unspecified atom stereocenters. The van der Waals surface area contributed by atoms with E-state index in [1.165, 1.54) is 5.01 Å². The Kier molecular flexibility index (Phi) is 4.43. The molecule has 30 heavy (non-hydrogen) atoms. The highest BCUT2D eigenvalue weighted by Gasteiger charge is 2.55. The van der Waals surface area contributed by atoms with Crippen molar-refractivity contribution in [3.05, 3.63) is 64.5 Å². The highest BCUT2D eigenvalue weighted by atomic mass is 79.9. The Hall–Kier alpha value is -3.40. The van der Waals surface area contributed by atoms with Crippen molar-refractivity contribution >= 4 is 33.4 Å². The van der Waals surface area contributed by atoms with Crippen molar-refractivity contribution in [3.8, 4) is 11.4 Å². The van der Waals surface area contributed by atoms with E-state index in [0.29, 0.717) is 11.5 Å². The van der Waals surface area contributed by atoms with Crippen LogP contribution in [0.1, 0.15) is 11.5 Å². The van der Waals surface area contributed by atoms with Crippen molar-refractivity contribution in [2.45, 2.75) is 25.6 Å². The molecule has 10 heteroatoms. The van der Waals surface area contributed by atoms with Crippen LogP contribution in [0.15, 0.2) is 67.9 Å². The van der Waals surface area contributed by atoms with Crippen LogP contribution in [0.25, 0.3) is 11.4 Å². The zero-order chi connectivity index (χ0) is 20.8. The van der Waals surface area contributed by atoms with E-state index >= 15 is 0 Å². The zero-order valence-electron chi connectivity index (χ0n) is 15.8. The van der Waals surface area contributed by atoms with Crippen LogP contribution in [0.3, 0.4) is 0 Å². The number of rotatable bonds is 4. The second-order valence-corrected chi connectivity index (χ2v) is 7.97. The van der Waals surface area contributed by atoms with Gasteiger partial charge in [-0.15, -0.1) is 0 Å². The summed E-state index contributed by atoms with van der Waals surface area (Å²) in [6.07, 6.45) is 0. The fraction of sp³-hybridized carbons (Fsp3) is 0.200. The largest absolute Gasteiger partial charge is 0.337 e. The van der Waals surface area contributed by atoms with Gasteiger partial charge in [0.15, 0.2) is 12.1 Å². The van der Waals surface area contributed by atoms with Gasteiger partial charge in [0, 0.05) is 10.0 Å². The summed E-state index contributed by atoms with van der Waals surface area (Å²) in [5.74, 6) is -0.0458. The van der Waals surface area contributed by atoms with Gasteiger partial charge in [-0.05, 0) is 31.2 Å². The maximum absolute atomic E-state index is 13.0. The molecule has 1 aromatic heterocycles. The van der Waals surface area contributed by atoms with Crippen LogP contribution >= 0.6 is 15.9 Å². The molecule has 2 aliphatic heterocycles. The van der Waals surface area contributed by atoms with Gasteiger partial charge in [0.1, 0.15) is 6.54 Å². The Morgan fingerprint density at radius 3 is 2.50 bits per heavy atom. The second kappa shape index (κ2) is 7.13. The monoisotopic (exact) mass is 466 g/mol.